The smallest absolute Gasteiger partial charge is 0.175 e. The maximum Gasteiger partial charge on any atom is 0.175 e. The molecule has 0 aromatic heterocycles. The molecule has 0 radical (unpaired) electrons. The lowest BCUT2D eigenvalue weighted by molar-refractivity contribution is 0.491. The molecule has 7 heteroatoms. The third kappa shape index (κ3) is 3.47. The maximum atomic E-state index is 13.7. The number of hydrogen-bond donors (Lipinski definition) is 0. The van der Waals surface area contributed by atoms with Crippen LogP contribution in [0.4, 0.5) is 13.2 Å². The van der Waals surface area contributed by atoms with Crippen molar-refractivity contribution in [3.8, 4) is 0 Å². The molecular formula is C14H10BrF3O2S. The summed E-state index contributed by atoms with van der Waals surface area (Å²) in [7, 11) is -3.41. The van der Waals surface area contributed by atoms with Gasteiger partial charge in [-0.3, -0.25) is 0 Å². The molecule has 0 N–H and O–H groups in total. The van der Waals surface area contributed by atoms with Crippen molar-refractivity contribution < 1.29 is 21.6 Å². The molecule has 0 amide bonds. The van der Waals surface area contributed by atoms with Crippen LogP contribution in [0.5, 0.6) is 0 Å². The predicted molar refractivity (Wildman–Crippen MR) is 76.6 cm³/mol. The molecule has 1 unspecified atom stereocenters. The van der Waals surface area contributed by atoms with Gasteiger partial charge in [0.25, 0.3) is 0 Å². The highest BCUT2D eigenvalue weighted by molar-refractivity contribution is 9.09. The van der Waals surface area contributed by atoms with Crippen LogP contribution in [0.15, 0.2) is 41.3 Å². The molecule has 112 valence electrons. The van der Waals surface area contributed by atoms with Gasteiger partial charge in [-0.15, -0.1) is 0 Å². The first-order chi connectivity index (χ1) is 9.70. The minimum absolute atomic E-state index is 0.0624. The molecule has 0 heterocycles. The fourth-order valence-corrected chi connectivity index (χ4v) is 3.13. The molecule has 0 aliphatic rings. The summed E-state index contributed by atoms with van der Waals surface area (Å²) in [4.78, 5) is -0.734. The topological polar surface area (TPSA) is 34.1 Å². The van der Waals surface area contributed by atoms with Gasteiger partial charge in [0.1, 0.15) is 5.82 Å². The minimum Gasteiger partial charge on any atom is -0.224 e. The number of alkyl halides is 1. The Balaban J connectivity index is 2.50. The van der Waals surface area contributed by atoms with E-state index in [9.17, 15) is 21.6 Å². The Labute approximate surface area is 128 Å². The third-order valence-electron chi connectivity index (χ3n) is 2.89. The van der Waals surface area contributed by atoms with E-state index in [-0.39, 0.29) is 10.5 Å². The monoisotopic (exact) mass is 378 g/mol. The van der Waals surface area contributed by atoms with E-state index in [1.54, 1.807) is 6.07 Å². The lowest BCUT2D eigenvalue weighted by atomic mass is 10.0. The third-order valence-corrected chi connectivity index (χ3v) is 5.02. The highest BCUT2D eigenvalue weighted by Crippen LogP contribution is 2.34. The summed E-state index contributed by atoms with van der Waals surface area (Å²) < 4.78 is 62.9. The van der Waals surface area contributed by atoms with Crippen molar-refractivity contribution >= 4 is 25.8 Å². The molecule has 0 aliphatic carbocycles. The SMILES string of the molecule is CS(=O)(=O)c1cccc(C(Br)c2cc(F)c(F)cc2F)c1. The molecule has 0 aliphatic heterocycles. The van der Waals surface area contributed by atoms with E-state index in [0.29, 0.717) is 11.6 Å². The Morgan fingerprint density at radius 1 is 1.00 bits per heavy atom. The first kappa shape index (κ1) is 16.0. The number of benzene rings is 2. The van der Waals surface area contributed by atoms with Crippen molar-refractivity contribution in [3.63, 3.8) is 0 Å². The molecular weight excluding hydrogens is 369 g/mol. The van der Waals surface area contributed by atoms with Gasteiger partial charge in [-0.05, 0) is 23.8 Å². The molecule has 0 fully saturated rings. The highest BCUT2D eigenvalue weighted by atomic mass is 79.9. The van der Waals surface area contributed by atoms with Crippen molar-refractivity contribution in [3.05, 3.63) is 65.0 Å². The highest BCUT2D eigenvalue weighted by Gasteiger charge is 2.19. The molecule has 0 saturated heterocycles. The van der Waals surface area contributed by atoms with Gasteiger partial charge in [0.05, 0.1) is 9.72 Å². The fourth-order valence-electron chi connectivity index (χ4n) is 1.81. The standard InChI is InChI=1S/C14H10BrF3O2S/c1-21(19,20)9-4-2-3-8(5-9)14(15)10-6-12(17)13(18)7-11(10)16/h2-7,14H,1H3. The molecule has 2 aromatic rings. The van der Waals surface area contributed by atoms with E-state index in [1.165, 1.54) is 18.2 Å². The van der Waals surface area contributed by atoms with E-state index in [1.807, 2.05) is 0 Å². The second kappa shape index (κ2) is 5.81. The summed E-state index contributed by atoms with van der Waals surface area (Å²) in [6.07, 6.45) is 1.05. The molecule has 21 heavy (non-hydrogen) atoms. The Bertz CT molecular complexity index is 791. The summed E-state index contributed by atoms with van der Waals surface area (Å²) in [6.45, 7) is 0. The van der Waals surface area contributed by atoms with E-state index in [2.05, 4.69) is 15.9 Å². The number of halogens is 4. The zero-order valence-corrected chi connectivity index (χ0v) is 13.2. The molecule has 2 rings (SSSR count). The Kier molecular flexibility index (Phi) is 4.43. The summed E-state index contributed by atoms with van der Waals surface area (Å²) in [5, 5.41) is 0. The van der Waals surface area contributed by atoms with Crippen LogP contribution in [-0.4, -0.2) is 14.7 Å². The van der Waals surface area contributed by atoms with Gasteiger partial charge in [-0.2, -0.15) is 0 Å². The summed E-state index contributed by atoms with van der Waals surface area (Å²) in [5.41, 5.74) is 0.308. The van der Waals surface area contributed by atoms with Crippen molar-refractivity contribution in [2.24, 2.45) is 0 Å². The second-order valence-electron chi connectivity index (χ2n) is 4.50. The van der Waals surface area contributed by atoms with Crippen LogP contribution in [0.2, 0.25) is 0 Å². The van der Waals surface area contributed by atoms with Crippen LogP contribution < -0.4 is 0 Å². The van der Waals surface area contributed by atoms with Gasteiger partial charge in [0.2, 0.25) is 0 Å². The fraction of sp³-hybridized carbons (Fsp3) is 0.143. The lowest BCUT2D eigenvalue weighted by Gasteiger charge is -2.13. The molecule has 0 spiro atoms. The summed E-state index contributed by atoms with van der Waals surface area (Å²) >= 11 is 3.18. The van der Waals surface area contributed by atoms with Gasteiger partial charge >= 0.3 is 0 Å². The van der Waals surface area contributed by atoms with E-state index < -0.39 is 32.1 Å². The Hall–Kier alpha value is -1.34. The van der Waals surface area contributed by atoms with Gasteiger partial charge in [-0.25, -0.2) is 21.6 Å². The van der Waals surface area contributed by atoms with Gasteiger partial charge in [0, 0.05) is 17.9 Å². The second-order valence-corrected chi connectivity index (χ2v) is 7.43. The van der Waals surface area contributed by atoms with Crippen LogP contribution in [0.25, 0.3) is 0 Å². The van der Waals surface area contributed by atoms with Gasteiger partial charge < -0.3 is 0 Å². The average Bonchev–Trinajstić information content (AvgIpc) is 2.41. The van der Waals surface area contributed by atoms with Crippen molar-refractivity contribution in [1.82, 2.24) is 0 Å². The Morgan fingerprint density at radius 3 is 2.24 bits per heavy atom. The molecule has 0 bridgehead atoms. The molecule has 2 aromatic carbocycles. The van der Waals surface area contributed by atoms with Crippen LogP contribution in [0, 0.1) is 17.5 Å². The molecule has 2 nitrogen and oxygen atoms in total. The Morgan fingerprint density at radius 2 is 1.62 bits per heavy atom. The number of rotatable bonds is 3. The van der Waals surface area contributed by atoms with E-state index in [4.69, 9.17) is 0 Å². The predicted octanol–water partition coefficient (Wildman–Crippen LogP) is 3.99. The van der Waals surface area contributed by atoms with Crippen LogP contribution in [0.3, 0.4) is 0 Å². The van der Waals surface area contributed by atoms with E-state index in [0.717, 1.165) is 12.3 Å². The lowest BCUT2D eigenvalue weighted by Crippen LogP contribution is -2.02. The average molecular weight is 379 g/mol. The maximum absolute atomic E-state index is 13.7. The van der Waals surface area contributed by atoms with Crippen molar-refractivity contribution in [1.29, 1.82) is 0 Å². The molecule has 1 atom stereocenters. The largest absolute Gasteiger partial charge is 0.224 e. The van der Waals surface area contributed by atoms with E-state index >= 15 is 0 Å². The zero-order valence-electron chi connectivity index (χ0n) is 10.8. The quantitative estimate of drug-likeness (QED) is 0.597. The number of hydrogen-bond acceptors (Lipinski definition) is 2. The van der Waals surface area contributed by atoms with Gasteiger partial charge in [0.15, 0.2) is 21.5 Å². The minimum atomic E-state index is -3.41. The molecule has 0 saturated carbocycles. The summed E-state index contributed by atoms with van der Waals surface area (Å²) in [6, 6.07) is 7.03. The number of sulfone groups is 1. The normalized spacial score (nSPS) is 13.2. The van der Waals surface area contributed by atoms with Crippen LogP contribution in [-0.2, 0) is 9.84 Å². The zero-order chi connectivity index (χ0) is 15.8. The first-order valence-corrected chi connectivity index (χ1v) is 8.59. The van der Waals surface area contributed by atoms with Gasteiger partial charge in [-0.1, -0.05) is 28.1 Å². The first-order valence-electron chi connectivity index (χ1n) is 5.78. The van der Waals surface area contributed by atoms with Crippen LogP contribution >= 0.6 is 15.9 Å². The van der Waals surface area contributed by atoms with Crippen molar-refractivity contribution in [2.75, 3.05) is 6.26 Å². The summed E-state index contributed by atoms with van der Waals surface area (Å²) in [5.74, 6) is -3.36. The van der Waals surface area contributed by atoms with Crippen LogP contribution in [0.1, 0.15) is 16.0 Å². The van der Waals surface area contributed by atoms with Crippen molar-refractivity contribution in [2.45, 2.75) is 9.72 Å².